The van der Waals surface area contributed by atoms with E-state index in [9.17, 15) is 4.79 Å². The Hall–Kier alpha value is -0.790. The molecule has 4 bridgehead atoms. The molecule has 0 atom stereocenters. The van der Waals surface area contributed by atoms with Crippen molar-refractivity contribution in [2.75, 3.05) is 0 Å². The normalized spacial score (nSPS) is 50.1. The van der Waals surface area contributed by atoms with Crippen LogP contribution < -0.4 is 0 Å². The van der Waals surface area contributed by atoms with Crippen LogP contribution in [0.2, 0.25) is 0 Å². The van der Waals surface area contributed by atoms with Gasteiger partial charge >= 0.3 is 5.97 Å². The molecule has 2 heteroatoms. The molecule has 4 aliphatic carbocycles. The summed E-state index contributed by atoms with van der Waals surface area (Å²) < 4.78 is 0. The summed E-state index contributed by atoms with van der Waals surface area (Å²) in [5.41, 5.74) is 0.172. The van der Waals surface area contributed by atoms with Crippen molar-refractivity contribution in [3.63, 3.8) is 0 Å². The van der Waals surface area contributed by atoms with E-state index in [-0.39, 0.29) is 5.41 Å². The van der Waals surface area contributed by atoms with Gasteiger partial charge in [0.2, 0.25) is 0 Å². The highest BCUT2D eigenvalue weighted by atomic mass is 16.4. The molecule has 0 saturated heterocycles. The molecule has 1 N–H and O–H groups in total. The predicted octanol–water partition coefficient (Wildman–Crippen LogP) is 3.09. The summed E-state index contributed by atoms with van der Waals surface area (Å²) in [5.74, 6) is 2.61. The average Bonchev–Trinajstić information content (AvgIpc) is 2.22. The Morgan fingerprint density at radius 2 is 1.62 bits per heavy atom. The van der Waals surface area contributed by atoms with Crippen LogP contribution in [0.1, 0.15) is 39.0 Å². The molecule has 0 aromatic heterocycles. The van der Waals surface area contributed by atoms with Crippen LogP contribution in [0.15, 0.2) is 12.2 Å². The lowest BCUT2D eigenvalue weighted by molar-refractivity contribution is -0.131. The predicted molar refractivity (Wildman–Crippen MR) is 61.9 cm³/mol. The number of carboxylic acids is 1. The van der Waals surface area contributed by atoms with Crippen LogP contribution in [0.4, 0.5) is 0 Å². The third kappa shape index (κ3) is 1.42. The van der Waals surface area contributed by atoms with Gasteiger partial charge in [-0.25, -0.2) is 4.79 Å². The molecule has 0 aliphatic heterocycles. The van der Waals surface area contributed by atoms with Crippen molar-refractivity contribution >= 4 is 5.97 Å². The first-order valence-electron chi connectivity index (χ1n) is 6.50. The molecule has 0 aromatic rings. The summed E-state index contributed by atoms with van der Waals surface area (Å²) in [5, 5.41) is 8.80. The van der Waals surface area contributed by atoms with Gasteiger partial charge in [0.1, 0.15) is 0 Å². The lowest BCUT2D eigenvalue weighted by Gasteiger charge is -2.59. The Kier molecular flexibility index (Phi) is 2.17. The molecule has 0 heterocycles. The van der Waals surface area contributed by atoms with E-state index in [1.165, 1.54) is 38.2 Å². The van der Waals surface area contributed by atoms with Crippen LogP contribution in [0.5, 0.6) is 0 Å². The highest BCUT2D eigenvalue weighted by Gasteiger charge is 2.53. The topological polar surface area (TPSA) is 37.3 Å². The fourth-order valence-electron chi connectivity index (χ4n) is 4.72. The minimum atomic E-state index is -0.796. The second-order valence-corrected chi connectivity index (χ2v) is 6.34. The lowest BCUT2D eigenvalue weighted by atomic mass is 9.46. The number of carboxylic acid groups (broad SMARTS) is 1. The standard InChI is InChI=1S/C14H20O2/c1-14(3-2-13(15)16)11-5-9-4-10(7-11)8-12(14)6-9/h2-3,9-12H,4-8H2,1H3,(H,15,16)/b3-2+. The van der Waals surface area contributed by atoms with Gasteiger partial charge in [-0.15, -0.1) is 0 Å². The van der Waals surface area contributed by atoms with Crippen molar-refractivity contribution in [2.45, 2.75) is 39.0 Å². The Balaban J connectivity index is 1.87. The van der Waals surface area contributed by atoms with Gasteiger partial charge in [-0.3, -0.25) is 0 Å². The van der Waals surface area contributed by atoms with Crippen LogP contribution in [-0.2, 0) is 4.79 Å². The summed E-state index contributed by atoms with van der Waals surface area (Å²) in [6.07, 6.45) is 10.2. The van der Waals surface area contributed by atoms with E-state index >= 15 is 0 Å². The monoisotopic (exact) mass is 220 g/mol. The summed E-state index contributed by atoms with van der Waals surface area (Å²) in [6.45, 7) is 2.29. The van der Waals surface area contributed by atoms with Crippen LogP contribution in [0, 0.1) is 29.1 Å². The number of aliphatic carboxylic acids is 1. The third-order valence-electron chi connectivity index (χ3n) is 5.48. The maximum absolute atomic E-state index is 10.7. The Morgan fingerprint density at radius 1 is 1.12 bits per heavy atom. The molecule has 4 aliphatic rings. The van der Waals surface area contributed by atoms with Crippen molar-refractivity contribution in [2.24, 2.45) is 29.1 Å². The molecule has 0 aromatic carbocycles. The Morgan fingerprint density at radius 3 is 2.06 bits per heavy atom. The van der Waals surface area contributed by atoms with Crippen molar-refractivity contribution in [1.82, 2.24) is 0 Å². The second-order valence-electron chi connectivity index (χ2n) is 6.34. The van der Waals surface area contributed by atoms with E-state index in [1.807, 2.05) is 6.08 Å². The Labute approximate surface area is 96.7 Å². The van der Waals surface area contributed by atoms with Crippen molar-refractivity contribution in [3.8, 4) is 0 Å². The molecule has 4 rings (SSSR count). The quantitative estimate of drug-likeness (QED) is 0.726. The number of hydrogen-bond acceptors (Lipinski definition) is 1. The molecule has 2 nitrogen and oxygen atoms in total. The zero-order chi connectivity index (χ0) is 11.3. The highest BCUT2D eigenvalue weighted by molar-refractivity contribution is 5.79. The zero-order valence-corrected chi connectivity index (χ0v) is 9.86. The molecule has 0 radical (unpaired) electrons. The SMILES string of the molecule is CC1(/C=C/C(=O)O)C2CC3CC(C2)CC1C3. The van der Waals surface area contributed by atoms with Crippen molar-refractivity contribution < 1.29 is 9.90 Å². The van der Waals surface area contributed by atoms with Crippen LogP contribution in [0.3, 0.4) is 0 Å². The number of rotatable bonds is 2. The van der Waals surface area contributed by atoms with Crippen LogP contribution in [0.25, 0.3) is 0 Å². The second kappa shape index (κ2) is 3.35. The van der Waals surface area contributed by atoms with E-state index in [4.69, 9.17) is 5.11 Å². The van der Waals surface area contributed by atoms with Crippen LogP contribution >= 0.6 is 0 Å². The van der Waals surface area contributed by atoms with E-state index in [0.29, 0.717) is 0 Å². The fraction of sp³-hybridized carbons (Fsp3) is 0.786. The largest absolute Gasteiger partial charge is 0.478 e. The third-order valence-corrected chi connectivity index (χ3v) is 5.48. The van der Waals surface area contributed by atoms with E-state index in [0.717, 1.165) is 23.7 Å². The van der Waals surface area contributed by atoms with Gasteiger partial charge in [-0.2, -0.15) is 0 Å². The first-order valence-corrected chi connectivity index (χ1v) is 6.50. The smallest absolute Gasteiger partial charge is 0.327 e. The average molecular weight is 220 g/mol. The molecule has 0 spiro atoms. The molecule has 0 unspecified atom stereocenters. The van der Waals surface area contributed by atoms with Gasteiger partial charge in [0.15, 0.2) is 0 Å². The van der Waals surface area contributed by atoms with Crippen molar-refractivity contribution in [1.29, 1.82) is 0 Å². The molecule has 4 saturated carbocycles. The maximum atomic E-state index is 10.7. The number of hydrogen-bond donors (Lipinski definition) is 1. The van der Waals surface area contributed by atoms with Gasteiger partial charge in [0.25, 0.3) is 0 Å². The Bertz CT molecular complexity index is 315. The van der Waals surface area contributed by atoms with Gasteiger partial charge in [-0.05, 0) is 61.2 Å². The fourth-order valence-corrected chi connectivity index (χ4v) is 4.72. The number of carbonyl (C=O) groups is 1. The summed E-state index contributed by atoms with van der Waals surface area (Å²) >= 11 is 0. The minimum absolute atomic E-state index is 0.172. The molecule has 0 amide bonds. The summed E-state index contributed by atoms with van der Waals surface area (Å²) in [6, 6.07) is 0. The molecule has 88 valence electrons. The zero-order valence-electron chi connectivity index (χ0n) is 9.86. The highest BCUT2D eigenvalue weighted by Crippen LogP contribution is 2.62. The van der Waals surface area contributed by atoms with Crippen molar-refractivity contribution in [3.05, 3.63) is 12.2 Å². The first-order chi connectivity index (χ1) is 7.58. The molecule has 16 heavy (non-hydrogen) atoms. The van der Waals surface area contributed by atoms with Gasteiger partial charge in [-0.1, -0.05) is 13.0 Å². The van der Waals surface area contributed by atoms with Gasteiger partial charge < -0.3 is 5.11 Å². The first kappa shape index (κ1) is 10.4. The minimum Gasteiger partial charge on any atom is -0.478 e. The molecule has 4 fully saturated rings. The summed E-state index contributed by atoms with van der Waals surface area (Å²) in [4.78, 5) is 10.7. The lowest BCUT2D eigenvalue weighted by Crippen LogP contribution is -2.50. The van der Waals surface area contributed by atoms with Gasteiger partial charge in [0, 0.05) is 6.08 Å². The molecular weight excluding hydrogens is 200 g/mol. The maximum Gasteiger partial charge on any atom is 0.327 e. The number of allylic oxidation sites excluding steroid dienone is 1. The molecular formula is C14H20O2. The van der Waals surface area contributed by atoms with E-state index < -0.39 is 5.97 Å². The van der Waals surface area contributed by atoms with Crippen LogP contribution in [-0.4, -0.2) is 11.1 Å². The van der Waals surface area contributed by atoms with E-state index in [1.54, 1.807) is 0 Å². The van der Waals surface area contributed by atoms with Gasteiger partial charge in [0.05, 0.1) is 0 Å². The summed E-state index contributed by atoms with van der Waals surface area (Å²) in [7, 11) is 0. The van der Waals surface area contributed by atoms with E-state index in [2.05, 4.69) is 6.92 Å².